The summed E-state index contributed by atoms with van der Waals surface area (Å²) in [6.07, 6.45) is 2.07. The number of rotatable bonds is 5. The molecule has 0 bridgehead atoms. The Morgan fingerprint density at radius 3 is 2.40 bits per heavy atom. The fraction of sp³-hybridized carbons (Fsp3) is 0.300. The monoisotopic (exact) mass is 338 g/mol. The first kappa shape index (κ1) is 17.2. The van der Waals surface area contributed by atoms with Crippen molar-refractivity contribution in [1.82, 2.24) is 4.90 Å². The quantitative estimate of drug-likeness (QED) is 0.910. The molecule has 1 N–H and O–H groups in total. The summed E-state index contributed by atoms with van der Waals surface area (Å²) < 4.78 is 5.07. The number of hydrogen-bond acceptors (Lipinski definition) is 3. The second-order valence-corrected chi connectivity index (χ2v) is 6.13. The molecule has 5 nitrogen and oxygen atoms in total. The van der Waals surface area contributed by atoms with Gasteiger partial charge in [-0.25, -0.2) is 0 Å². The molecule has 0 spiro atoms. The van der Waals surface area contributed by atoms with E-state index in [9.17, 15) is 9.59 Å². The molecular formula is C20H22N2O3. The van der Waals surface area contributed by atoms with E-state index in [0.29, 0.717) is 23.4 Å². The van der Waals surface area contributed by atoms with E-state index >= 15 is 0 Å². The molecule has 2 aromatic rings. The van der Waals surface area contributed by atoms with Gasteiger partial charge in [-0.2, -0.15) is 0 Å². The summed E-state index contributed by atoms with van der Waals surface area (Å²) in [7, 11) is 1.63. The molecule has 25 heavy (non-hydrogen) atoms. The van der Waals surface area contributed by atoms with E-state index in [1.54, 1.807) is 31.4 Å². The number of methoxy groups -OCH3 is 1. The van der Waals surface area contributed by atoms with Crippen LogP contribution in [0.2, 0.25) is 0 Å². The Kier molecular flexibility index (Phi) is 5.46. The predicted molar refractivity (Wildman–Crippen MR) is 96.7 cm³/mol. The highest BCUT2D eigenvalue weighted by Gasteiger charge is 2.22. The summed E-state index contributed by atoms with van der Waals surface area (Å²) in [6.45, 7) is 2.07. The van der Waals surface area contributed by atoms with Crippen LogP contribution in [0.1, 0.15) is 39.1 Å². The molecule has 1 aliphatic heterocycles. The molecule has 130 valence electrons. The van der Waals surface area contributed by atoms with Crippen LogP contribution in [0.3, 0.4) is 0 Å². The minimum atomic E-state index is -0.231. The van der Waals surface area contributed by atoms with E-state index in [0.717, 1.165) is 31.5 Å². The molecule has 0 aromatic heterocycles. The summed E-state index contributed by atoms with van der Waals surface area (Å²) in [5, 5.41) is 2.86. The summed E-state index contributed by atoms with van der Waals surface area (Å²) in [4.78, 5) is 27.0. The van der Waals surface area contributed by atoms with Crippen LogP contribution in [0, 0.1) is 0 Å². The van der Waals surface area contributed by atoms with Crippen molar-refractivity contribution in [3.05, 3.63) is 65.2 Å². The van der Waals surface area contributed by atoms with Crippen LogP contribution in [0.5, 0.6) is 0 Å². The fourth-order valence-electron chi connectivity index (χ4n) is 2.98. The number of nitrogens with one attached hydrogen (secondary N) is 1. The Bertz CT molecular complexity index is 750. The van der Waals surface area contributed by atoms with Crippen molar-refractivity contribution in [2.75, 3.05) is 25.5 Å². The fourth-order valence-corrected chi connectivity index (χ4v) is 2.98. The van der Waals surface area contributed by atoms with Gasteiger partial charge in [-0.15, -0.1) is 0 Å². The molecule has 0 radical (unpaired) electrons. The normalized spacial score (nSPS) is 13.7. The zero-order chi connectivity index (χ0) is 17.6. The van der Waals surface area contributed by atoms with Crippen molar-refractivity contribution >= 4 is 17.5 Å². The van der Waals surface area contributed by atoms with Gasteiger partial charge in [-0.3, -0.25) is 9.59 Å². The Labute approximate surface area is 147 Å². The van der Waals surface area contributed by atoms with Crippen LogP contribution in [0.25, 0.3) is 0 Å². The molecule has 5 heteroatoms. The molecular weight excluding hydrogens is 316 g/mol. The third-order valence-corrected chi connectivity index (χ3v) is 4.33. The summed E-state index contributed by atoms with van der Waals surface area (Å²) in [5.41, 5.74) is 2.63. The molecule has 1 fully saturated rings. The zero-order valence-corrected chi connectivity index (χ0v) is 14.3. The molecule has 0 unspecified atom stereocenters. The van der Waals surface area contributed by atoms with E-state index in [1.165, 1.54) is 0 Å². The van der Waals surface area contributed by atoms with Crippen LogP contribution in [-0.4, -0.2) is 36.9 Å². The van der Waals surface area contributed by atoms with Gasteiger partial charge in [0.05, 0.1) is 17.9 Å². The van der Waals surface area contributed by atoms with Gasteiger partial charge < -0.3 is 15.0 Å². The van der Waals surface area contributed by atoms with Crippen LogP contribution >= 0.6 is 0 Å². The number of anilines is 1. The van der Waals surface area contributed by atoms with Gasteiger partial charge in [0.1, 0.15) is 0 Å². The first-order chi connectivity index (χ1) is 12.2. The Morgan fingerprint density at radius 1 is 1.04 bits per heavy atom. The number of para-hydroxylation sites is 1. The SMILES string of the molecule is COCc1ccc(C(=O)Nc2ccccc2C(=O)N2CCCC2)cc1. The number of carbonyl (C=O) groups is 2. The summed E-state index contributed by atoms with van der Waals surface area (Å²) in [5.74, 6) is -0.255. The highest BCUT2D eigenvalue weighted by atomic mass is 16.5. The molecule has 2 aromatic carbocycles. The van der Waals surface area contributed by atoms with Crippen LogP contribution in [0.15, 0.2) is 48.5 Å². The third kappa shape index (κ3) is 4.06. The molecule has 1 aliphatic rings. The van der Waals surface area contributed by atoms with Crippen molar-refractivity contribution < 1.29 is 14.3 Å². The number of amides is 2. The highest BCUT2D eigenvalue weighted by molar-refractivity contribution is 6.09. The van der Waals surface area contributed by atoms with Crippen molar-refractivity contribution in [2.45, 2.75) is 19.4 Å². The van der Waals surface area contributed by atoms with E-state index in [1.807, 2.05) is 29.2 Å². The van der Waals surface area contributed by atoms with Crippen LogP contribution in [-0.2, 0) is 11.3 Å². The van der Waals surface area contributed by atoms with Gasteiger partial charge in [0.2, 0.25) is 0 Å². The van der Waals surface area contributed by atoms with Crippen LogP contribution < -0.4 is 5.32 Å². The van der Waals surface area contributed by atoms with Crippen LogP contribution in [0.4, 0.5) is 5.69 Å². The number of carbonyl (C=O) groups excluding carboxylic acids is 2. The smallest absolute Gasteiger partial charge is 0.255 e. The average molecular weight is 338 g/mol. The van der Waals surface area contributed by atoms with Crippen molar-refractivity contribution in [3.8, 4) is 0 Å². The topological polar surface area (TPSA) is 58.6 Å². The van der Waals surface area contributed by atoms with E-state index < -0.39 is 0 Å². The van der Waals surface area contributed by atoms with Gasteiger partial charge in [0, 0.05) is 25.8 Å². The maximum Gasteiger partial charge on any atom is 0.255 e. The predicted octanol–water partition coefficient (Wildman–Crippen LogP) is 3.32. The van der Waals surface area contributed by atoms with E-state index in [2.05, 4.69) is 5.32 Å². The summed E-state index contributed by atoms with van der Waals surface area (Å²) in [6, 6.07) is 14.4. The molecule has 0 aliphatic carbocycles. The highest BCUT2D eigenvalue weighted by Crippen LogP contribution is 2.21. The molecule has 0 saturated carbocycles. The molecule has 1 saturated heterocycles. The second-order valence-electron chi connectivity index (χ2n) is 6.13. The summed E-state index contributed by atoms with van der Waals surface area (Å²) >= 11 is 0. The Morgan fingerprint density at radius 2 is 1.72 bits per heavy atom. The maximum atomic E-state index is 12.7. The minimum Gasteiger partial charge on any atom is -0.380 e. The largest absolute Gasteiger partial charge is 0.380 e. The lowest BCUT2D eigenvalue weighted by atomic mass is 10.1. The molecule has 2 amide bonds. The number of ether oxygens (including phenoxy) is 1. The third-order valence-electron chi connectivity index (χ3n) is 4.33. The lowest BCUT2D eigenvalue weighted by Gasteiger charge is -2.18. The molecule has 3 rings (SSSR count). The van der Waals surface area contributed by atoms with Crippen molar-refractivity contribution in [3.63, 3.8) is 0 Å². The Balaban J connectivity index is 1.76. The second kappa shape index (κ2) is 7.94. The lowest BCUT2D eigenvalue weighted by molar-refractivity contribution is 0.0794. The number of benzene rings is 2. The van der Waals surface area contributed by atoms with Crippen molar-refractivity contribution in [1.29, 1.82) is 0 Å². The van der Waals surface area contributed by atoms with Gasteiger partial charge in [-0.05, 0) is 42.7 Å². The zero-order valence-electron chi connectivity index (χ0n) is 14.3. The number of hydrogen-bond donors (Lipinski definition) is 1. The van der Waals surface area contributed by atoms with Gasteiger partial charge in [0.25, 0.3) is 11.8 Å². The maximum absolute atomic E-state index is 12.7. The first-order valence-electron chi connectivity index (χ1n) is 8.46. The van der Waals surface area contributed by atoms with Gasteiger partial charge in [-0.1, -0.05) is 24.3 Å². The lowest BCUT2D eigenvalue weighted by Crippen LogP contribution is -2.28. The standard InChI is InChI=1S/C20H22N2O3/c1-25-14-15-8-10-16(11-9-15)19(23)21-18-7-3-2-6-17(18)20(24)22-12-4-5-13-22/h2-3,6-11H,4-5,12-14H2,1H3,(H,21,23). The first-order valence-corrected chi connectivity index (χ1v) is 8.46. The Hall–Kier alpha value is -2.66. The molecule has 0 atom stereocenters. The van der Waals surface area contributed by atoms with E-state index in [4.69, 9.17) is 4.74 Å². The minimum absolute atomic E-state index is 0.0242. The average Bonchev–Trinajstić information content (AvgIpc) is 3.17. The molecule has 1 heterocycles. The van der Waals surface area contributed by atoms with E-state index in [-0.39, 0.29) is 11.8 Å². The number of likely N-dealkylation sites (tertiary alicyclic amines) is 1. The van der Waals surface area contributed by atoms with Gasteiger partial charge in [0.15, 0.2) is 0 Å². The van der Waals surface area contributed by atoms with Crippen molar-refractivity contribution in [2.24, 2.45) is 0 Å². The van der Waals surface area contributed by atoms with Gasteiger partial charge >= 0.3 is 0 Å². The number of nitrogens with zero attached hydrogens (tertiary/aromatic N) is 1.